The van der Waals surface area contributed by atoms with Crippen molar-refractivity contribution >= 4 is 11.9 Å². The number of carbonyl (C=O) groups is 2. The molecule has 1 N–H and O–H groups in total. The lowest BCUT2D eigenvalue weighted by atomic mass is 9.91. The molecule has 0 aromatic heterocycles. The predicted octanol–water partition coefficient (Wildman–Crippen LogP) is 5.93. The lowest BCUT2D eigenvalue weighted by molar-refractivity contribution is -0.162. The molecule has 0 radical (unpaired) electrons. The van der Waals surface area contributed by atoms with Gasteiger partial charge in [0.25, 0.3) is 0 Å². The first-order valence-electron chi connectivity index (χ1n) is 18.5. The normalized spacial score (nSPS) is 17.4. The van der Waals surface area contributed by atoms with Crippen LogP contribution in [0.25, 0.3) is 0 Å². The van der Waals surface area contributed by atoms with Crippen LogP contribution in [0, 0.1) is 0 Å². The van der Waals surface area contributed by atoms with E-state index in [0.717, 1.165) is 56.8 Å². The van der Waals surface area contributed by atoms with Crippen molar-refractivity contribution < 1.29 is 47.9 Å². The molecule has 1 amide bonds. The molecule has 3 aromatic carbocycles. The lowest BCUT2D eigenvalue weighted by Crippen LogP contribution is -2.50. The number of benzene rings is 3. The summed E-state index contributed by atoms with van der Waals surface area (Å²) in [5.74, 6) is 1.05. The van der Waals surface area contributed by atoms with Gasteiger partial charge in [-0.25, -0.2) is 4.79 Å². The van der Waals surface area contributed by atoms with Gasteiger partial charge in [0.15, 0.2) is 23.0 Å². The Morgan fingerprint density at radius 3 is 2.25 bits per heavy atom. The van der Waals surface area contributed by atoms with Crippen LogP contribution in [0.4, 0.5) is 0 Å². The molecule has 12 nitrogen and oxygen atoms in total. The Labute approximate surface area is 312 Å². The highest BCUT2D eigenvalue weighted by Crippen LogP contribution is 2.41. The Balaban J connectivity index is 1.36. The molecule has 53 heavy (non-hydrogen) atoms. The Morgan fingerprint density at radius 2 is 1.57 bits per heavy atom. The van der Waals surface area contributed by atoms with Crippen LogP contribution in [0.15, 0.2) is 54.6 Å². The summed E-state index contributed by atoms with van der Waals surface area (Å²) in [6, 6.07) is 16.1. The van der Waals surface area contributed by atoms with Gasteiger partial charge in [-0.05, 0) is 91.6 Å². The summed E-state index contributed by atoms with van der Waals surface area (Å²) in [5.41, 5.74) is 2.45. The zero-order chi connectivity index (χ0) is 37.7. The fraction of sp³-hybridized carbons (Fsp3) is 0.512. The summed E-state index contributed by atoms with van der Waals surface area (Å²) >= 11 is 0. The van der Waals surface area contributed by atoms with Gasteiger partial charge in [-0.15, -0.1) is 0 Å². The number of hydrogen-bond acceptors (Lipinski definition) is 11. The Hall–Kier alpha value is -4.68. The smallest absolute Gasteiger partial charge is 0.329 e. The maximum absolute atomic E-state index is 14.3. The number of amides is 1. The van der Waals surface area contributed by atoms with Gasteiger partial charge in [0.1, 0.15) is 24.5 Å². The molecule has 2 saturated heterocycles. The maximum atomic E-state index is 14.3. The number of aromatic hydroxyl groups is 1. The topological polar surface area (TPSA) is 125 Å². The van der Waals surface area contributed by atoms with Crippen molar-refractivity contribution in [2.24, 2.45) is 0 Å². The molecule has 2 heterocycles. The first-order chi connectivity index (χ1) is 25.8. The molecule has 0 unspecified atom stereocenters. The molecule has 0 aliphatic carbocycles. The summed E-state index contributed by atoms with van der Waals surface area (Å²) in [6.07, 6.45) is 3.02. The third-order valence-corrected chi connectivity index (χ3v) is 10.1. The standard InChI is InChI=1S/C41H54N2O10/c1-6-32(30-26-37(49-4)39(44)38(27-30)50-5)40(45)43-17-8-7-12-33(43)41(46)53-34(15-13-28-14-16-35(47-2)36(24-28)48-3)29-10-9-11-31(25-29)52-23-20-42-18-21-51-22-19-42/h9-11,14,16,24-27,32-34,44H,6-8,12-13,15,17-23H2,1-5H3/t32-,33-,34+/m0/s1. The molecule has 0 saturated carbocycles. The summed E-state index contributed by atoms with van der Waals surface area (Å²) in [6.45, 7) is 6.90. The fourth-order valence-corrected chi connectivity index (χ4v) is 7.08. The van der Waals surface area contributed by atoms with Crippen LogP contribution < -0.4 is 23.7 Å². The number of carbonyl (C=O) groups excluding carboxylic acids is 2. The van der Waals surface area contributed by atoms with Crippen molar-refractivity contribution in [1.29, 1.82) is 0 Å². The number of esters is 1. The number of ether oxygens (including phenoxy) is 7. The van der Waals surface area contributed by atoms with Crippen molar-refractivity contribution in [3.8, 4) is 34.5 Å². The molecular formula is C41H54N2O10. The predicted molar refractivity (Wildman–Crippen MR) is 199 cm³/mol. The van der Waals surface area contributed by atoms with E-state index in [1.807, 2.05) is 49.4 Å². The van der Waals surface area contributed by atoms with Crippen LogP contribution in [0.2, 0.25) is 0 Å². The van der Waals surface area contributed by atoms with Gasteiger partial charge in [0.2, 0.25) is 11.7 Å². The molecule has 288 valence electrons. The summed E-state index contributed by atoms with van der Waals surface area (Å²) in [5, 5.41) is 10.5. The first-order valence-corrected chi connectivity index (χ1v) is 18.5. The number of methoxy groups -OCH3 is 4. The van der Waals surface area contributed by atoms with Gasteiger partial charge in [-0.1, -0.05) is 25.1 Å². The quantitative estimate of drug-likeness (QED) is 0.166. The number of morpholine rings is 1. The van der Waals surface area contributed by atoms with Crippen molar-refractivity contribution in [1.82, 2.24) is 9.80 Å². The minimum absolute atomic E-state index is 0.133. The van der Waals surface area contributed by atoms with Crippen molar-refractivity contribution in [3.05, 3.63) is 71.3 Å². The lowest BCUT2D eigenvalue weighted by Gasteiger charge is -2.37. The molecule has 0 bridgehead atoms. The van der Waals surface area contributed by atoms with Crippen molar-refractivity contribution in [2.45, 2.75) is 63.5 Å². The monoisotopic (exact) mass is 734 g/mol. The molecule has 12 heteroatoms. The zero-order valence-corrected chi connectivity index (χ0v) is 31.6. The summed E-state index contributed by atoms with van der Waals surface area (Å²) in [4.78, 5) is 32.5. The van der Waals surface area contributed by atoms with Gasteiger partial charge in [-0.2, -0.15) is 0 Å². The minimum atomic E-state index is -0.747. The van der Waals surface area contributed by atoms with Crippen LogP contribution in [-0.2, 0) is 25.5 Å². The first kappa shape index (κ1) is 39.5. The number of aryl methyl sites for hydroxylation is 1. The zero-order valence-electron chi connectivity index (χ0n) is 31.6. The Morgan fingerprint density at radius 1 is 0.849 bits per heavy atom. The van der Waals surface area contributed by atoms with Gasteiger partial charge in [-0.3, -0.25) is 9.69 Å². The fourth-order valence-electron chi connectivity index (χ4n) is 7.08. The number of rotatable bonds is 17. The third-order valence-electron chi connectivity index (χ3n) is 10.1. The van der Waals surface area contributed by atoms with Gasteiger partial charge in [0, 0.05) is 26.2 Å². The highest BCUT2D eigenvalue weighted by atomic mass is 16.5. The summed E-state index contributed by atoms with van der Waals surface area (Å²) in [7, 11) is 6.11. The van der Waals surface area contributed by atoms with Crippen LogP contribution in [0.5, 0.6) is 34.5 Å². The minimum Gasteiger partial charge on any atom is -0.502 e. The van der Waals surface area contributed by atoms with E-state index in [2.05, 4.69) is 4.90 Å². The molecule has 0 spiro atoms. The van der Waals surface area contributed by atoms with E-state index in [0.29, 0.717) is 61.6 Å². The Kier molecular flexibility index (Phi) is 14.5. The van der Waals surface area contributed by atoms with Crippen LogP contribution in [0.1, 0.15) is 67.7 Å². The van der Waals surface area contributed by atoms with Crippen LogP contribution in [-0.4, -0.2) is 107 Å². The number of phenolic OH excluding ortho intramolecular Hbond substituents is 1. The second-order valence-corrected chi connectivity index (χ2v) is 13.3. The summed E-state index contributed by atoms with van der Waals surface area (Å²) < 4.78 is 39.7. The number of hydrogen-bond donors (Lipinski definition) is 1. The van der Waals surface area contributed by atoms with Gasteiger partial charge < -0.3 is 43.2 Å². The van der Waals surface area contributed by atoms with E-state index in [9.17, 15) is 14.7 Å². The highest BCUT2D eigenvalue weighted by Gasteiger charge is 2.38. The highest BCUT2D eigenvalue weighted by molar-refractivity contribution is 5.89. The van der Waals surface area contributed by atoms with E-state index < -0.39 is 24.0 Å². The molecule has 5 rings (SSSR count). The maximum Gasteiger partial charge on any atom is 0.329 e. The second kappa shape index (κ2) is 19.4. The average Bonchev–Trinajstić information content (AvgIpc) is 3.20. The average molecular weight is 735 g/mol. The van der Waals surface area contributed by atoms with Gasteiger partial charge >= 0.3 is 5.97 Å². The largest absolute Gasteiger partial charge is 0.502 e. The molecule has 2 fully saturated rings. The SMILES string of the molecule is CC[C@H](C(=O)N1CCCC[C@H]1C(=O)O[C@H](CCc1ccc(OC)c(OC)c1)c1cccc(OCCN2CCOCC2)c1)c1cc(OC)c(O)c(OC)c1. The van der Waals surface area contributed by atoms with Crippen molar-refractivity contribution in [3.63, 3.8) is 0 Å². The van der Waals surface area contributed by atoms with E-state index in [1.54, 1.807) is 31.3 Å². The Bertz CT molecular complexity index is 1630. The van der Waals surface area contributed by atoms with Crippen LogP contribution in [0.3, 0.4) is 0 Å². The van der Waals surface area contributed by atoms with Crippen LogP contribution >= 0.6 is 0 Å². The third kappa shape index (κ3) is 10.1. The second-order valence-electron chi connectivity index (χ2n) is 13.3. The van der Waals surface area contributed by atoms with E-state index in [1.165, 1.54) is 14.2 Å². The number of nitrogens with zero attached hydrogens (tertiary/aromatic N) is 2. The number of likely N-dealkylation sites (tertiary alicyclic amines) is 1. The number of phenols is 1. The van der Waals surface area contributed by atoms with E-state index in [-0.39, 0.29) is 23.2 Å². The molecule has 2 aliphatic rings. The number of piperidine rings is 1. The molecule has 2 aliphatic heterocycles. The molecular weight excluding hydrogens is 680 g/mol. The van der Waals surface area contributed by atoms with E-state index in [4.69, 9.17) is 33.2 Å². The molecule has 3 atom stereocenters. The van der Waals surface area contributed by atoms with E-state index >= 15 is 0 Å². The van der Waals surface area contributed by atoms with Gasteiger partial charge in [0.05, 0.1) is 47.6 Å². The van der Waals surface area contributed by atoms with Crippen molar-refractivity contribution in [2.75, 3.05) is 74.4 Å². The molecule has 3 aromatic rings.